The van der Waals surface area contributed by atoms with Gasteiger partial charge in [0.25, 0.3) is 0 Å². The summed E-state index contributed by atoms with van der Waals surface area (Å²) in [5.74, 6) is -0.285. The van der Waals surface area contributed by atoms with Gasteiger partial charge in [0.15, 0.2) is 0 Å². The monoisotopic (exact) mass is 315 g/mol. The third kappa shape index (κ3) is 3.41. The Morgan fingerprint density at radius 1 is 1.22 bits per heavy atom. The van der Waals surface area contributed by atoms with Crippen molar-refractivity contribution < 1.29 is 4.79 Å². The smallest absolute Gasteiger partial charge is 0.317 e. The highest BCUT2D eigenvalue weighted by molar-refractivity contribution is 5.80. The number of para-hydroxylation sites is 2. The van der Waals surface area contributed by atoms with E-state index < -0.39 is 11.1 Å². The molecule has 0 aliphatic heterocycles. The molecule has 122 valence electrons. The predicted octanol–water partition coefficient (Wildman–Crippen LogP) is 1.26. The number of nitrogens with zero attached hydrogens (tertiary/aromatic N) is 2. The molecule has 0 radical (unpaired) electrons. The Morgan fingerprint density at radius 3 is 2.35 bits per heavy atom. The minimum absolute atomic E-state index is 0.0191. The van der Waals surface area contributed by atoms with Gasteiger partial charge in [-0.05, 0) is 25.5 Å². The fourth-order valence-electron chi connectivity index (χ4n) is 2.40. The van der Waals surface area contributed by atoms with Gasteiger partial charge in [-0.15, -0.1) is 6.58 Å². The van der Waals surface area contributed by atoms with Crippen LogP contribution in [0.25, 0.3) is 11.0 Å². The Morgan fingerprint density at radius 2 is 1.78 bits per heavy atom. The van der Waals surface area contributed by atoms with Crippen molar-refractivity contribution in [1.29, 1.82) is 0 Å². The number of carbonyl (C=O) groups is 1. The van der Waals surface area contributed by atoms with E-state index in [1.165, 1.54) is 9.13 Å². The molecule has 1 amide bonds. The van der Waals surface area contributed by atoms with E-state index in [2.05, 4.69) is 11.9 Å². The van der Waals surface area contributed by atoms with Gasteiger partial charge in [-0.3, -0.25) is 23.5 Å². The molecule has 0 fully saturated rings. The minimum Gasteiger partial charge on any atom is -0.352 e. The van der Waals surface area contributed by atoms with Gasteiger partial charge in [0.05, 0.1) is 11.0 Å². The molecule has 6 heteroatoms. The van der Waals surface area contributed by atoms with Crippen molar-refractivity contribution in [2.75, 3.05) is 0 Å². The van der Waals surface area contributed by atoms with Crippen molar-refractivity contribution >= 4 is 16.9 Å². The Labute approximate surface area is 134 Å². The Hall–Kier alpha value is -2.63. The maximum Gasteiger partial charge on any atom is 0.317 e. The number of rotatable bonds is 6. The van der Waals surface area contributed by atoms with Crippen LogP contribution in [0, 0.1) is 0 Å². The lowest BCUT2D eigenvalue weighted by atomic mass is 10.2. The number of allylic oxidation sites excluding steroid dienone is 1. The van der Waals surface area contributed by atoms with E-state index in [-0.39, 0.29) is 25.0 Å². The lowest BCUT2D eigenvalue weighted by Gasteiger charge is -2.15. The lowest BCUT2D eigenvalue weighted by molar-refractivity contribution is -0.122. The summed E-state index contributed by atoms with van der Waals surface area (Å²) in [5.41, 5.74) is -0.198. The first kappa shape index (κ1) is 16.7. The number of aromatic nitrogens is 2. The third-order valence-electron chi connectivity index (χ3n) is 3.77. The summed E-state index contributed by atoms with van der Waals surface area (Å²) < 4.78 is 2.60. The molecule has 0 saturated carbocycles. The summed E-state index contributed by atoms with van der Waals surface area (Å²) in [4.78, 5) is 36.8. The second-order valence-electron chi connectivity index (χ2n) is 5.46. The summed E-state index contributed by atoms with van der Waals surface area (Å²) >= 11 is 0. The first-order valence-electron chi connectivity index (χ1n) is 7.62. The minimum atomic E-state index is -0.704. The summed E-state index contributed by atoms with van der Waals surface area (Å²) in [6, 6.07) is 7.06. The highest BCUT2D eigenvalue weighted by Gasteiger charge is 2.15. The molecule has 2 aromatic rings. The van der Waals surface area contributed by atoms with Crippen molar-refractivity contribution in [3.8, 4) is 0 Å². The van der Waals surface area contributed by atoms with Gasteiger partial charge in [0.2, 0.25) is 5.91 Å². The van der Waals surface area contributed by atoms with E-state index in [1.807, 2.05) is 13.8 Å². The molecule has 1 atom stereocenters. The van der Waals surface area contributed by atoms with Crippen molar-refractivity contribution in [3.05, 3.63) is 57.6 Å². The zero-order chi connectivity index (χ0) is 17.0. The van der Waals surface area contributed by atoms with Gasteiger partial charge in [0, 0.05) is 12.6 Å². The maximum absolute atomic E-state index is 12.4. The van der Waals surface area contributed by atoms with Crippen LogP contribution in [0.2, 0.25) is 0 Å². The van der Waals surface area contributed by atoms with E-state index in [4.69, 9.17) is 0 Å². The highest BCUT2D eigenvalue weighted by atomic mass is 16.2. The van der Waals surface area contributed by atoms with Crippen LogP contribution in [0.3, 0.4) is 0 Å². The van der Waals surface area contributed by atoms with Crippen molar-refractivity contribution in [1.82, 2.24) is 14.5 Å². The standard InChI is InChI=1S/C17H21N3O3/c1-4-10-19-13-8-6-7-9-14(13)20(17(23)16(19)22)11-15(21)18-12(3)5-2/h4,6-9,12H,1,5,10-11H2,2-3H3,(H,18,21)/t12-/m0/s1. The van der Waals surface area contributed by atoms with Crippen LogP contribution < -0.4 is 16.4 Å². The predicted molar refractivity (Wildman–Crippen MR) is 90.6 cm³/mol. The van der Waals surface area contributed by atoms with E-state index in [1.54, 1.807) is 30.3 Å². The van der Waals surface area contributed by atoms with Crippen LogP contribution in [0.4, 0.5) is 0 Å². The molecule has 0 aliphatic rings. The van der Waals surface area contributed by atoms with E-state index >= 15 is 0 Å². The van der Waals surface area contributed by atoms with Crippen molar-refractivity contribution in [3.63, 3.8) is 0 Å². The average Bonchev–Trinajstić information content (AvgIpc) is 2.55. The van der Waals surface area contributed by atoms with Gasteiger partial charge in [-0.2, -0.15) is 0 Å². The molecule has 2 rings (SSSR count). The summed E-state index contributed by atoms with van der Waals surface area (Å²) in [5, 5.41) is 2.81. The molecule has 6 nitrogen and oxygen atoms in total. The number of hydrogen-bond donors (Lipinski definition) is 1. The van der Waals surface area contributed by atoms with Crippen LogP contribution in [-0.4, -0.2) is 21.1 Å². The largest absolute Gasteiger partial charge is 0.352 e. The van der Waals surface area contributed by atoms with Gasteiger partial charge in [-0.1, -0.05) is 25.1 Å². The molecule has 1 heterocycles. The highest BCUT2D eigenvalue weighted by Crippen LogP contribution is 2.10. The number of carbonyl (C=O) groups excluding carboxylic acids is 1. The van der Waals surface area contributed by atoms with E-state index in [0.717, 1.165) is 6.42 Å². The number of amides is 1. The molecular weight excluding hydrogens is 294 g/mol. The zero-order valence-electron chi connectivity index (χ0n) is 13.4. The molecule has 1 aromatic carbocycles. The van der Waals surface area contributed by atoms with Gasteiger partial charge >= 0.3 is 11.1 Å². The molecule has 0 spiro atoms. The maximum atomic E-state index is 12.4. The van der Waals surface area contributed by atoms with Gasteiger partial charge in [-0.25, -0.2) is 0 Å². The number of hydrogen-bond acceptors (Lipinski definition) is 3. The topological polar surface area (TPSA) is 73.1 Å². The van der Waals surface area contributed by atoms with Crippen LogP contribution in [0.1, 0.15) is 20.3 Å². The zero-order valence-corrected chi connectivity index (χ0v) is 13.4. The van der Waals surface area contributed by atoms with Gasteiger partial charge < -0.3 is 5.32 Å². The molecular formula is C17H21N3O3. The Bertz CT molecular complexity index is 848. The first-order valence-corrected chi connectivity index (χ1v) is 7.62. The van der Waals surface area contributed by atoms with Crippen LogP contribution >= 0.6 is 0 Å². The molecule has 0 unspecified atom stereocenters. The normalized spacial score (nSPS) is 12.1. The molecule has 0 aliphatic carbocycles. The summed E-state index contributed by atoms with van der Waals surface area (Å²) in [7, 11) is 0. The Balaban J connectivity index is 2.57. The Kier molecular flexibility index (Phi) is 5.16. The number of benzene rings is 1. The quantitative estimate of drug-likeness (QED) is 0.644. The molecule has 23 heavy (non-hydrogen) atoms. The SMILES string of the molecule is C=CCn1c(=O)c(=O)n(CC(=O)N[C@@H](C)CC)c2ccccc21. The fourth-order valence-corrected chi connectivity index (χ4v) is 2.40. The number of fused-ring (bicyclic) bond motifs is 1. The molecule has 1 aromatic heterocycles. The second-order valence-corrected chi connectivity index (χ2v) is 5.46. The van der Waals surface area contributed by atoms with Crippen molar-refractivity contribution in [2.24, 2.45) is 0 Å². The lowest BCUT2D eigenvalue weighted by Crippen LogP contribution is -2.44. The summed E-state index contributed by atoms with van der Waals surface area (Å²) in [6.07, 6.45) is 2.36. The van der Waals surface area contributed by atoms with Crippen LogP contribution in [0.5, 0.6) is 0 Å². The third-order valence-corrected chi connectivity index (χ3v) is 3.77. The van der Waals surface area contributed by atoms with Crippen LogP contribution in [0.15, 0.2) is 46.5 Å². The first-order chi connectivity index (χ1) is 11.0. The fraction of sp³-hybridized carbons (Fsp3) is 0.353. The average molecular weight is 315 g/mol. The van der Waals surface area contributed by atoms with E-state index in [9.17, 15) is 14.4 Å². The van der Waals surface area contributed by atoms with E-state index in [0.29, 0.717) is 11.0 Å². The van der Waals surface area contributed by atoms with Crippen LogP contribution in [-0.2, 0) is 17.9 Å². The number of nitrogens with one attached hydrogen (secondary N) is 1. The molecule has 0 saturated heterocycles. The molecule has 1 N–H and O–H groups in total. The summed E-state index contributed by atoms with van der Waals surface area (Å²) in [6.45, 7) is 7.54. The van der Waals surface area contributed by atoms with Gasteiger partial charge in [0.1, 0.15) is 6.54 Å². The van der Waals surface area contributed by atoms with Crippen molar-refractivity contribution in [2.45, 2.75) is 39.4 Å². The second kappa shape index (κ2) is 7.09. The molecule has 0 bridgehead atoms.